The van der Waals surface area contributed by atoms with Crippen LogP contribution in [0.2, 0.25) is 0 Å². The van der Waals surface area contributed by atoms with Crippen LogP contribution in [0.3, 0.4) is 0 Å². The summed E-state index contributed by atoms with van der Waals surface area (Å²) in [5, 5.41) is 7.46. The Hall–Kier alpha value is -3.29. The molecule has 0 spiro atoms. The van der Waals surface area contributed by atoms with Crippen LogP contribution in [-0.2, 0) is 0 Å². The number of rotatable bonds is 5. The van der Waals surface area contributed by atoms with E-state index < -0.39 is 5.82 Å². The van der Waals surface area contributed by atoms with Crippen LogP contribution in [-0.4, -0.2) is 49.7 Å². The van der Waals surface area contributed by atoms with Gasteiger partial charge in [0.1, 0.15) is 0 Å². The Bertz CT molecular complexity index is 1000. The number of halogens is 1. The molecule has 0 aliphatic carbocycles. The maximum absolute atomic E-state index is 13.3. The van der Waals surface area contributed by atoms with Crippen molar-refractivity contribution in [1.82, 2.24) is 24.6 Å². The topological polar surface area (TPSA) is 75.9 Å². The van der Waals surface area contributed by atoms with E-state index in [9.17, 15) is 9.18 Å². The van der Waals surface area contributed by atoms with Gasteiger partial charge in [-0.05, 0) is 56.0 Å². The number of carbonyl (C=O) groups excluding carboxylic acids is 1. The van der Waals surface area contributed by atoms with E-state index in [0.29, 0.717) is 30.5 Å². The normalized spacial score (nSPS) is 19.0. The molecular weight excluding hydrogens is 383 g/mol. The number of hydrogen-bond acceptors (Lipinski definition) is 5. The average molecular weight is 408 g/mol. The number of aryl methyl sites for hydroxylation is 1. The van der Waals surface area contributed by atoms with E-state index in [4.69, 9.17) is 0 Å². The molecule has 1 aliphatic heterocycles. The molecule has 1 amide bonds. The summed E-state index contributed by atoms with van der Waals surface area (Å²) in [4.78, 5) is 23.1. The monoisotopic (exact) mass is 408 g/mol. The number of nitrogens with zero attached hydrogens (tertiary/aromatic N) is 5. The highest BCUT2D eigenvalue weighted by Crippen LogP contribution is 2.25. The molecule has 2 aromatic heterocycles. The van der Waals surface area contributed by atoms with Gasteiger partial charge in [0.05, 0.1) is 24.1 Å². The lowest BCUT2D eigenvalue weighted by molar-refractivity contribution is 0.0540. The molecule has 2 atom stereocenters. The average Bonchev–Trinajstić information content (AvgIpc) is 3.19. The molecule has 1 N–H and O–H groups in total. The van der Waals surface area contributed by atoms with Gasteiger partial charge in [0.15, 0.2) is 5.82 Å². The quantitative estimate of drug-likeness (QED) is 0.700. The lowest BCUT2D eigenvalue weighted by Crippen LogP contribution is -2.51. The second-order valence-electron chi connectivity index (χ2n) is 7.72. The van der Waals surface area contributed by atoms with Crippen molar-refractivity contribution in [2.75, 3.05) is 18.4 Å². The molecule has 0 radical (unpaired) electrons. The predicted molar refractivity (Wildman–Crippen MR) is 112 cm³/mol. The molecule has 8 heteroatoms. The van der Waals surface area contributed by atoms with Gasteiger partial charge in [0, 0.05) is 30.5 Å². The minimum atomic E-state index is -0.475. The summed E-state index contributed by atoms with van der Waals surface area (Å²) < 4.78 is 14.9. The smallest absolute Gasteiger partial charge is 0.254 e. The maximum atomic E-state index is 13.3. The fraction of sp³-hybridized carbons (Fsp3) is 0.364. The van der Waals surface area contributed by atoms with Gasteiger partial charge < -0.3 is 10.2 Å². The Morgan fingerprint density at radius 1 is 1.20 bits per heavy atom. The fourth-order valence-electron chi connectivity index (χ4n) is 3.96. The van der Waals surface area contributed by atoms with Gasteiger partial charge >= 0.3 is 0 Å². The Morgan fingerprint density at radius 3 is 2.60 bits per heavy atom. The van der Waals surface area contributed by atoms with Crippen molar-refractivity contribution in [3.8, 4) is 5.69 Å². The Morgan fingerprint density at radius 2 is 1.93 bits per heavy atom. The molecule has 0 bridgehead atoms. The predicted octanol–water partition coefficient (Wildman–Crippen LogP) is 3.46. The first-order valence-corrected chi connectivity index (χ1v) is 10.2. The second kappa shape index (κ2) is 8.61. The summed E-state index contributed by atoms with van der Waals surface area (Å²) in [6.45, 7) is 5.37. The van der Waals surface area contributed by atoms with Crippen LogP contribution in [0.5, 0.6) is 0 Å². The largest absolute Gasteiger partial charge is 0.352 e. The van der Waals surface area contributed by atoms with Crippen molar-refractivity contribution in [3.63, 3.8) is 0 Å². The summed E-state index contributed by atoms with van der Waals surface area (Å²) >= 11 is 0. The third kappa shape index (κ3) is 4.17. The highest BCUT2D eigenvalue weighted by atomic mass is 19.1. The number of nitrogens with one attached hydrogen (secondary N) is 1. The minimum Gasteiger partial charge on any atom is -0.352 e. The van der Waals surface area contributed by atoms with Crippen molar-refractivity contribution in [1.29, 1.82) is 0 Å². The molecule has 1 saturated heterocycles. The van der Waals surface area contributed by atoms with Crippen LogP contribution in [0.4, 0.5) is 10.3 Å². The van der Waals surface area contributed by atoms with Gasteiger partial charge in [0.25, 0.3) is 5.91 Å². The van der Waals surface area contributed by atoms with E-state index in [1.54, 1.807) is 6.20 Å². The van der Waals surface area contributed by atoms with Crippen LogP contribution in [0.1, 0.15) is 35.8 Å². The number of carbonyl (C=O) groups is 1. The number of benzene rings is 1. The van der Waals surface area contributed by atoms with Gasteiger partial charge in [-0.3, -0.25) is 4.79 Å². The summed E-state index contributed by atoms with van der Waals surface area (Å²) in [6, 6.07) is 9.49. The number of amides is 1. The van der Waals surface area contributed by atoms with Gasteiger partial charge in [-0.15, -0.1) is 0 Å². The highest BCUT2D eigenvalue weighted by Gasteiger charge is 2.32. The number of likely N-dealkylation sites (tertiary alicyclic amines) is 1. The third-order valence-electron chi connectivity index (χ3n) is 5.66. The molecule has 1 aliphatic rings. The molecule has 7 nitrogen and oxygen atoms in total. The molecule has 4 rings (SSSR count). The highest BCUT2D eigenvalue weighted by molar-refractivity contribution is 5.94. The summed E-state index contributed by atoms with van der Waals surface area (Å²) in [5.74, 6) is 0.233. The summed E-state index contributed by atoms with van der Waals surface area (Å²) in [5.41, 5.74) is 2.61. The molecule has 0 unspecified atom stereocenters. The fourth-order valence-corrected chi connectivity index (χ4v) is 3.96. The molecule has 3 aromatic rings. The van der Waals surface area contributed by atoms with Crippen LogP contribution >= 0.6 is 0 Å². The van der Waals surface area contributed by atoms with Crippen molar-refractivity contribution in [2.45, 2.75) is 32.7 Å². The van der Waals surface area contributed by atoms with E-state index in [2.05, 4.69) is 27.3 Å². The SMILES string of the molecule is Cc1ccnn1-c1ccc(C(=O)N2CCC[C@@H](C)[C@H]2CNc2ncc(F)cn2)cc1. The first-order chi connectivity index (χ1) is 14.5. The first-order valence-electron chi connectivity index (χ1n) is 10.2. The third-order valence-corrected chi connectivity index (χ3v) is 5.66. The zero-order chi connectivity index (χ0) is 21.1. The maximum Gasteiger partial charge on any atom is 0.254 e. The number of hydrogen-bond donors (Lipinski definition) is 1. The van der Waals surface area contributed by atoms with Crippen LogP contribution in [0.25, 0.3) is 5.69 Å². The molecule has 156 valence electrons. The molecule has 1 fully saturated rings. The summed E-state index contributed by atoms with van der Waals surface area (Å²) in [7, 11) is 0. The van der Waals surface area contributed by atoms with Gasteiger partial charge in [-0.2, -0.15) is 5.10 Å². The van der Waals surface area contributed by atoms with E-state index in [1.807, 2.05) is 46.8 Å². The van der Waals surface area contributed by atoms with E-state index in [-0.39, 0.29) is 11.9 Å². The molecule has 30 heavy (non-hydrogen) atoms. The molecular formula is C22H25FN6O. The van der Waals surface area contributed by atoms with E-state index in [1.165, 1.54) is 0 Å². The van der Waals surface area contributed by atoms with Crippen LogP contribution in [0, 0.1) is 18.7 Å². The molecule has 0 saturated carbocycles. The standard InChI is InChI=1S/C22H25FN6O/c1-15-4-3-11-28(20(15)14-26-22-24-12-18(23)13-25-22)21(30)17-5-7-19(8-6-17)29-16(2)9-10-27-29/h5-10,12-13,15,20H,3-4,11,14H2,1-2H3,(H,24,25,26)/t15-,20-/m1/s1. The second-order valence-corrected chi connectivity index (χ2v) is 7.72. The van der Waals surface area contributed by atoms with Gasteiger partial charge in [0.2, 0.25) is 5.95 Å². The number of piperidine rings is 1. The lowest BCUT2D eigenvalue weighted by Gasteiger charge is -2.40. The van der Waals surface area contributed by atoms with Crippen molar-refractivity contribution in [2.24, 2.45) is 5.92 Å². The van der Waals surface area contributed by atoms with Crippen molar-refractivity contribution < 1.29 is 9.18 Å². The van der Waals surface area contributed by atoms with Crippen LogP contribution < -0.4 is 5.32 Å². The number of aromatic nitrogens is 4. The lowest BCUT2D eigenvalue weighted by atomic mass is 9.90. The molecule has 1 aromatic carbocycles. The van der Waals surface area contributed by atoms with E-state index in [0.717, 1.165) is 36.6 Å². The Balaban J connectivity index is 1.49. The van der Waals surface area contributed by atoms with Crippen molar-refractivity contribution in [3.05, 3.63) is 66.0 Å². The number of anilines is 1. The summed E-state index contributed by atoms with van der Waals surface area (Å²) in [6.07, 6.45) is 6.04. The molecule has 3 heterocycles. The zero-order valence-corrected chi connectivity index (χ0v) is 17.1. The van der Waals surface area contributed by atoms with Gasteiger partial charge in [-0.1, -0.05) is 6.92 Å². The van der Waals surface area contributed by atoms with Gasteiger partial charge in [-0.25, -0.2) is 19.0 Å². The Labute approximate surface area is 175 Å². The van der Waals surface area contributed by atoms with Crippen LogP contribution in [0.15, 0.2) is 48.9 Å². The zero-order valence-electron chi connectivity index (χ0n) is 17.1. The minimum absolute atomic E-state index is 0.00735. The van der Waals surface area contributed by atoms with E-state index >= 15 is 0 Å². The van der Waals surface area contributed by atoms with Crippen molar-refractivity contribution >= 4 is 11.9 Å². The first kappa shape index (κ1) is 20.0. The Kier molecular flexibility index (Phi) is 5.74.